The normalized spacial score (nSPS) is 32.0. The molecular weight excluding hydrogens is 262 g/mol. The number of amides is 1. The molecule has 2 rings (SSSR count). The van der Waals surface area contributed by atoms with Crippen LogP contribution in [-0.4, -0.2) is 55.0 Å². The number of likely N-dealkylation sites (tertiary alicyclic amines) is 1. The third-order valence-electron chi connectivity index (χ3n) is 4.57. The molecule has 6 heteroatoms. The second-order valence-electron chi connectivity index (χ2n) is 5.51. The fourth-order valence-corrected chi connectivity index (χ4v) is 3.82. The number of methoxy groups -OCH3 is 1. The molecule has 0 radical (unpaired) electrons. The fraction of sp³-hybridized carbons (Fsp3) is 0.857. The average Bonchev–Trinajstić information content (AvgIpc) is 2.98. The van der Waals surface area contributed by atoms with Gasteiger partial charge >= 0.3 is 12.1 Å². The van der Waals surface area contributed by atoms with Gasteiger partial charge in [-0.1, -0.05) is 0 Å². The predicted molar refractivity (Wildman–Crippen MR) is 70.9 cm³/mol. The summed E-state index contributed by atoms with van der Waals surface area (Å²) in [5.41, 5.74) is 0. The molecule has 1 N–H and O–H groups in total. The van der Waals surface area contributed by atoms with Crippen molar-refractivity contribution in [2.24, 2.45) is 17.8 Å². The van der Waals surface area contributed by atoms with E-state index in [0.717, 1.165) is 12.8 Å². The Balaban J connectivity index is 2.21. The van der Waals surface area contributed by atoms with Crippen molar-refractivity contribution in [3.63, 3.8) is 0 Å². The van der Waals surface area contributed by atoms with Crippen molar-refractivity contribution in [3.8, 4) is 0 Å². The molecule has 1 saturated carbocycles. The zero-order valence-electron chi connectivity index (χ0n) is 12.1. The molecule has 20 heavy (non-hydrogen) atoms. The average molecular weight is 285 g/mol. The molecule has 1 heterocycles. The van der Waals surface area contributed by atoms with Crippen LogP contribution in [0.25, 0.3) is 0 Å². The van der Waals surface area contributed by atoms with Gasteiger partial charge in [-0.05, 0) is 43.9 Å². The Bertz CT molecular complexity index is 371. The molecule has 1 amide bonds. The second kappa shape index (κ2) is 6.43. The van der Waals surface area contributed by atoms with E-state index in [1.165, 1.54) is 12.0 Å². The Labute approximate surface area is 119 Å². The quantitative estimate of drug-likeness (QED) is 0.781. The number of hydrogen-bond acceptors (Lipinski definition) is 5. The highest BCUT2D eigenvalue weighted by molar-refractivity contribution is 5.82. The van der Waals surface area contributed by atoms with Crippen LogP contribution in [0.1, 0.15) is 26.2 Å². The zero-order chi connectivity index (χ0) is 14.7. The highest BCUT2D eigenvalue weighted by atomic mass is 16.6. The molecule has 0 aromatic rings. The Kier molecular flexibility index (Phi) is 4.86. The lowest BCUT2D eigenvalue weighted by Crippen LogP contribution is -2.45. The molecule has 4 atom stereocenters. The van der Waals surface area contributed by atoms with E-state index in [9.17, 15) is 14.7 Å². The molecule has 4 unspecified atom stereocenters. The van der Waals surface area contributed by atoms with E-state index in [2.05, 4.69) is 0 Å². The molecule has 2 aliphatic rings. The van der Waals surface area contributed by atoms with E-state index >= 15 is 0 Å². The SMILES string of the molecule is CCOC(=O)C1C2C(CCO)CCC2CN1C(=O)OC. The minimum atomic E-state index is -0.563. The van der Waals surface area contributed by atoms with Crippen LogP contribution in [0, 0.1) is 17.8 Å². The molecule has 1 aliphatic carbocycles. The Morgan fingerprint density at radius 1 is 1.35 bits per heavy atom. The Morgan fingerprint density at radius 2 is 2.10 bits per heavy atom. The first-order valence-electron chi connectivity index (χ1n) is 7.26. The fourth-order valence-electron chi connectivity index (χ4n) is 3.82. The van der Waals surface area contributed by atoms with Crippen LogP contribution in [0.5, 0.6) is 0 Å². The summed E-state index contributed by atoms with van der Waals surface area (Å²) in [5, 5.41) is 9.17. The van der Waals surface area contributed by atoms with Gasteiger partial charge in [0.2, 0.25) is 0 Å². The molecule has 6 nitrogen and oxygen atoms in total. The third kappa shape index (κ3) is 2.61. The smallest absolute Gasteiger partial charge is 0.410 e. The van der Waals surface area contributed by atoms with Crippen molar-refractivity contribution in [1.82, 2.24) is 4.90 Å². The lowest BCUT2D eigenvalue weighted by molar-refractivity contribution is -0.149. The number of aliphatic hydroxyl groups excluding tert-OH is 1. The molecule has 0 spiro atoms. The van der Waals surface area contributed by atoms with Crippen LogP contribution < -0.4 is 0 Å². The van der Waals surface area contributed by atoms with Crippen molar-refractivity contribution >= 4 is 12.1 Å². The summed E-state index contributed by atoms with van der Waals surface area (Å²) in [6.45, 7) is 2.71. The molecule has 0 aromatic carbocycles. The topological polar surface area (TPSA) is 76.1 Å². The number of ether oxygens (including phenoxy) is 2. The standard InChI is InChI=1S/C14H23NO5/c1-3-20-13(17)12-11-9(6-7-16)4-5-10(11)8-15(12)14(18)19-2/h9-12,16H,3-8H2,1-2H3. The Morgan fingerprint density at radius 3 is 2.70 bits per heavy atom. The summed E-state index contributed by atoms with van der Waals surface area (Å²) >= 11 is 0. The van der Waals surface area contributed by atoms with E-state index in [4.69, 9.17) is 9.47 Å². The number of fused-ring (bicyclic) bond motifs is 1. The van der Waals surface area contributed by atoms with Gasteiger partial charge < -0.3 is 14.6 Å². The third-order valence-corrected chi connectivity index (χ3v) is 4.57. The number of carbonyl (C=O) groups is 2. The largest absolute Gasteiger partial charge is 0.464 e. The van der Waals surface area contributed by atoms with Crippen LogP contribution >= 0.6 is 0 Å². The van der Waals surface area contributed by atoms with Crippen molar-refractivity contribution in [3.05, 3.63) is 0 Å². The van der Waals surface area contributed by atoms with Gasteiger partial charge in [0, 0.05) is 13.2 Å². The first-order chi connectivity index (χ1) is 9.63. The lowest BCUT2D eigenvalue weighted by Gasteiger charge is -2.28. The minimum absolute atomic E-state index is 0.0836. The number of hydrogen-bond donors (Lipinski definition) is 1. The van der Waals surface area contributed by atoms with Gasteiger partial charge in [0.25, 0.3) is 0 Å². The summed E-state index contributed by atoms with van der Waals surface area (Å²) in [6, 6.07) is -0.563. The van der Waals surface area contributed by atoms with Gasteiger partial charge in [-0.3, -0.25) is 4.90 Å². The van der Waals surface area contributed by atoms with Crippen molar-refractivity contribution < 1.29 is 24.2 Å². The zero-order valence-corrected chi connectivity index (χ0v) is 12.1. The first kappa shape index (κ1) is 15.1. The van der Waals surface area contributed by atoms with Gasteiger partial charge in [0.1, 0.15) is 6.04 Å². The highest BCUT2D eigenvalue weighted by Gasteiger charge is 2.54. The maximum Gasteiger partial charge on any atom is 0.410 e. The van der Waals surface area contributed by atoms with Gasteiger partial charge in [-0.15, -0.1) is 0 Å². The molecule has 2 fully saturated rings. The number of nitrogens with zero attached hydrogens (tertiary/aromatic N) is 1. The summed E-state index contributed by atoms with van der Waals surface area (Å²) in [6.07, 6.45) is 2.19. The maximum absolute atomic E-state index is 12.2. The van der Waals surface area contributed by atoms with Gasteiger partial charge in [0.15, 0.2) is 0 Å². The highest BCUT2D eigenvalue weighted by Crippen LogP contribution is 2.47. The second-order valence-corrected chi connectivity index (χ2v) is 5.51. The van der Waals surface area contributed by atoms with Crippen LogP contribution in [0.3, 0.4) is 0 Å². The van der Waals surface area contributed by atoms with Gasteiger partial charge in [-0.25, -0.2) is 9.59 Å². The van der Waals surface area contributed by atoms with E-state index in [0.29, 0.717) is 25.5 Å². The lowest BCUT2D eigenvalue weighted by atomic mass is 9.85. The monoisotopic (exact) mass is 285 g/mol. The van der Waals surface area contributed by atoms with E-state index in [-0.39, 0.29) is 24.4 Å². The number of aliphatic hydroxyl groups is 1. The number of rotatable bonds is 4. The molecular formula is C14H23NO5. The molecule has 0 bridgehead atoms. The van der Waals surface area contributed by atoms with E-state index < -0.39 is 12.1 Å². The maximum atomic E-state index is 12.2. The summed E-state index contributed by atoms with van der Waals surface area (Å²) < 4.78 is 9.92. The van der Waals surface area contributed by atoms with E-state index in [1.54, 1.807) is 6.92 Å². The minimum Gasteiger partial charge on any atom is -0.464 e. The van der Waals surface area contributed by atoms with Crippen LogP contribution in [0.4, 0.5) is 4.79 Å². The number of esters is 1. The predicted octanol–water partition coefficient (Wildman–Crippen LogP) is 1.02. The molecule has 1 aliphatic heterocycles. The number of carbonyl (C=O) groups excluding carboxylic acids is 2. The summed E-state index contributed by atoms with van der Waals surface area (Å²) in [5.74, 6) is 0.310. The van der Waals surface area contributed by atoms with Crippen LogP contribution in [0.2, 0.25) is 0 Å². The first-order valence-corrected chi connectivity index (χ1v) is 7.26. The van der Waals surface area contributed by atoms with Crippen molar-refractivity contribution in [2.75, 3.05) is 26.9 Å². The van der Waals surface area contributed by atoms with Crippen LogP contribution in [0.15, 0.2) is 0 Å². The summed E-state index contributed by atoms with van der Waals surface area (Å²) in [4.78, 5) is 25.6. The van der Waals surface area contributed by atoms with Crippen LogP contribution in [-0.2, 0) is 14.3 Å². The molecule has 114 valence electrons. The summed E-state index contributed by atoms with van der Waals surface area (Å²) in [7, 11) is 1.32. The molecule has 0 aromatic heterocycles. The van der Waals surface area contributed by atoms with Gasteiger partial charge in [-0.2, -0.15) is 0 Å². The molecule has 1 saturated heterocycles. The van der Waals surface area contributed by atoms with Crippen molar-refractivity contribution in [1.29, 1.82) is 0 Å². The van der Waals surface area contributed by atoms with E-state index in [1.807, 2.05) is 0 Å². The van der Waals surface area contributed by atoms with Crippen molar-refractivity contribution in [2.45, 2.75) is 32.2 Å². The Hall–Kier alpha value is -1.30. The van der Waals surface area contributed by atoms with Gasteiger partial charge in [0.05, 0.1) is 13.7 Å².